The van der Waals surface area contributed by atoms with Crippen LogP contribution in [0.5, 0.6) is 0 Å². The molecular formula is C12H14O3. The molecule has 0 aromatic heterocycles. The Labute approximate surface area is 89.2 Å². The van der Waals surface area contributed by atoms with Crippen LogP contribution in [-0.4, -0.2) is 16.9 Å². The molecule has 0 bridgehead atoms. The maximum absolute atomic E-state index is 11.0. The molecule has 0 heterocycles. The van der Waals surface area contributed by atoms with E-state index in [1.807, 2.05) is 12.0 Å². The molecule has 1 aliphatic carbocycles. The summed E-state index contributed by atoms with van der Waals surface area (Å²) in [5.74, 6) is 3.67. The number of hydrogen-bond donors (Lipinski definition) is 1. The van der Waals surface area contributed by atoms with E-state index in [4.69, 9.17) is 5.11 Å². The van der Waals surface area contributed by atoms with E-state index in [0.717, 1.165) is 12.8 Å². The van der Waals surface area contributed by atoms with Crippen LogP contribution in [0.15, 0.2) is 12.2 Å². The summed E-state index contributed by atoms with van der Waals surface area (Å²) in [6.07, 6.45) is 6.38. The first-order valence-corrected chi connectivity index (χ1v) is 4.96. The van der Waals surface area contributed by atoms with E-state index in [1.165, 1.54) is 0 Å². The molecule has 3 nitrogen and oxygen atoms in total. The number of carbonyl (C=O) groups excluding carboxylic acids is 1. The smallest absolute Gasteiger partial charge is 0.382 e. The number of allylic oxidation sites excluding steroid dienone is 2. The minimum atomic E-state index is -1.12. The topological polar surface area (TPSA) is 54.4 Å². The van der Waals surface area contributed by atoms with Crippen LogP contribution in [0, 0.1) is 17.3 Å². The fourth-order valence-corrected chi connectivity index (χ4v) is 1.61. The van der Waals surface area contributed by atoms with Crippen LogP contribution < -0.4 is 0 Å². The monoisotopic (exact) mass is 206 g/mol. The average Bonchev–Trinajstić information content (AvgIpc) is 2.18. The van der Waals surface area contributed by atoms with Crippen molar-refractivity contribution in [2.75, 3.05) is 0 Å². The summed E-state index contributed by atoms with van der Waals surface area (Å²) in [7, 11) is 0. The van der Waals surface area contributed by atoms with E-state index in [1.54, 1.807) is 6.08 Å². The van der Waals surface area contributed by atoms with Gasteiger partial charge >= 0.3 is 5.97 Å². The molecule has 0 aliphatic heterocycles. The van der Waals surface area contributed by atoms with Gasteiger partial charge in [0.1, 0.15) is 5.78 Å². The molecule has 0 amide bonds. The maximum Gasteiger partial charge on any atom is 0.382 e. The van der Waals surface area contributed by atoms with Crippen molar-refractivity contribution in [3.8, 4) is 11.8 Å². The second-order valence-electron chi connectivity index (χ2n) is 4.10. The number of hydrogen-bond acceptors (Lipinski definition) is 2. The molecule has 0 aromatic carbocycles. The van der Waals surface area contributed by atoms with Crippen LogP contribution in [0.3, 0.4) is 0 Å². The minimum absolute atomic E-state index is 0.00108. The van der Waals surface area contributed by atoms with Gasteiger partial charge in [-0.2, -0.15) is 0 Å². The Morgan fingerprint density at radius 1 is 1.47 bits per heavy atom. The van der Waals surface area contributed by atoms with Gasteiger partial charge in [-0.15, -0.1) is 0 Å². The number of rotatable bonds is 1. The summed E-state index contributed by atoms with van der Waals surface area (Å²) >= 11 is 0. The number of ketones is 1. The highest BCUT2D eigenvalue weighted by Crippen LogP contribution is 2.35. The molecule has 0 spiro atoms. The van der Waals surface area contributed by atoms with E-state index in [0.29, 0.717) is 18.6 Å². The molecule has 0 aromatic rings. The molecular weight excluding hydrogens is 192 g/mol. The van der Waals surface area contributed by atoms with Crippen molar-refractivity contribution in [2.45, 2.75) is 32.6 Å². The van der Waals surface area contributed by atoms with E-state index in [-0.39, 0.29) is 5.41 Å². The Bertz CT molecular complexity index is 345. The molecule has 0 radical (unpaired) electrons. The molecule has 80 valence electrons. The van der Waals surface area contributed by atoms with Crippen LogP contribution in [-0.2, 0) is 9.59 Å². The zero-order valence-corrected chi connectivity index (χ0v) is 8.75. The third-order valence-electron chi connectivity index (χ3n) is 2.70. The van der Waals surface area contributed by atoms with Crippen molar-refractivity contribution >= 4 is 11.8 Å². The van der Waals surface area contributed by atoms with Gasteiger partial charge in [-0.05, 0) is 24.3 Å². The Morgan fingerprint density at radius 2 is 2.07 bits per heavy atom. The van der Waals surface area contributed by atoms with Crippen molar-refractivity contribution in [3.05, 3.63) is 12.2 Å². The van der Waals surface area contributed by atoms with Gasteiger partial charge in [0.15, 0.2) is 0 Å². The fraction of sp³-hybridized carbons (Fsp3) is 0.500. The van der Waals surface area contributed by atoms with Gasteiger partial charge in [-0.1, -0.05) is 18.9 Å². The predicted octanol–water partition coefficient (Wildman–Crippen LogP) is 1.78. The van der Waals surface area contributed by atoms with E-state index >= 15 is 0 Å². The summed E-state index contributed by atoms with van der Waals surface area (Å²) in [4.78, 5) is 21.2. The molecule has 0 unspecified atom stereocenters. The predicted molar refractivity (Wildman–Crippen MR) is 56.1 cm³/mol. The zero-order valence-electron chi connectivity index (χ0n) is 8.75. The van der Waals surface area contributed by atoms with Crippen molar-refractivity contribution < 1.29 is 14.7 Å². The summed E-state index contributed by atoms with van der Waals surface area (Å²) < 4.78 is 0. The lowest BCUT2D eigenvalue weighted by atomic mass is 9.75. The first-order chi connectivity index (χ1) is 7.02. The third kappa shape index (κ3) is 3.99. The lowest BCUT2D eigenvalue weighted by molar-refractivity contribution is -0.130. The summed E-state index contributed by atoms with van der Waals surface area (Å²) in [6.45, 7) is 2.07. The largest absolute Gasteiger partial charge is 0.472 e. The summed E-state index contributed by atoms with van der Waals surface area (Å²) in [5.41, 5.74) is 0.00108. The SMILES string of the molecule is CC1(/C=C/C#CC(=O)O)CCC(=O)CC1. The van der Waals surface area contributed by atoms with Gasteiger partial charge in [0.2, 0.25) is 0 Å². The highest BCUT2D eigenvalue weighted by atomic mass is 16.4. The molecule has 1 fully saturated rings. The standard InChI is InChI=1S/C12H14O3/c1-12(7-3-2-4-11(14)15)8-5-10(13)6-9-12/h3,7H,5-6,8-9H2,1H3,(H,14,15)/b7-3+. The molecule has 0 atom stereocenters. The number of carboxylic acid groups (broad SMARTS) is 1. The maximum atomic E-state index is 11.0. The lowest BCUT2D eigenvalue weighted by Crippen LogP contribution is -2.22. The highest BCUT2D eigenvalue weighted by molar-refractivity contribution is 5.86. The second kappa shape index (κ2) is 4.79. The van der Waals surface area contributed by atoms with Crippen LogP contribution in [0.4, 0.5) is 0 Å². The molecule has 1 N–H and O–H groups in total. The number of aliphatic carboxylic acids is 1. The third-order valence-corrected chi connectivity index (χ3v) is 2.70. The first-order valence-electron chi connectivity index (χ1n) is 4.96. The summed E-state index contributed by atoms with van der Waals surface area (Å²) in [6, 6.07) is 0. The van der Waals surface area contributed by atoms with Crippen molar-refractivity contribution in [2.24, 2.45) is 5.41 Å². The molecule has 1 saturated carbocycles. The minimum Gasteiger partial charge on any atom is -0.472 e. The van der Waals surface area contributed by atoms with Crippen molar-refractivity contribution in [1.29, 1.82) is 0 Å². The van der Waals surface area contributed by atoms with Crippen LogP contribution >= 0.6 is 0 Å². The molecule has 3 heteroatoms. The van der Waals surface area contributed by atoms with Gasteiger partial charge < -0.3 is 5.11 Å². The van der Waals surface area contributed by atoms with Gasteiger partial charge in [0.05, 0.1) is 0 Å². The van der Waals surface area contributed by atoms with Crippen LogP contribution in [0.2, 0.25) is 0 Å². The van der Waals surface area contributed by atoms with Crippen molar-refractivity contribution in [1.82, 2.24) is 0 Å². The average molecular weight is 206 g/mol. The number of Topliss-reactive ketones (excluding diaryl/α,β-unsaturated/α-hetero) is 1. The Hall–Kier alpha value is -1.56. The van der Waals surface area contributed by atoms with Crippen molar-refractivity contribution in [3.63, 3.8) is 0 Å². The van der Waals surface area contributed by atoms with Crippen LogP contribution in [0.25, 0.3) is 0 Å². The van der Waals surface area contributed by atoms with E-state index in [2.05, 4.69) is 12.8 Å². The Kier molecular flexibility index (Phi) is 3.68. The van der Waals surface area contributed by atoms with E-state index < -0.39 is 5.97 Å². The first kappa shape index (κ1) is 11.5. The second-order valence-corrected chi connectivity index (χ2v) is 4.10. The number of carboxylic acids is 1. The van der Waals surface area contributed by atoms with Gasteiger partial charge in [0.25, 0.3) is 0 Å². The molecule has 1 aliphatic rings. The Balaban J connectivity index is 2.54. The number of carbonyl (C=O) groups is 2. The van der Waals surface area contributed by atoms with E-state index in [9.17, 15) is 9.59 Å². The highest BCUT2D eigenvalue weighted by Gasteiger charge is 2.27. The molecule has 0 saturated heterocycles. The molecule has 1 rings (SSSR count). The van der Waals surface area contributed by atoms with Gasteiger partial charge in [-0.25, -0.2) is 4.79 Å². The normalized spacial score (nSPS) is 19.7. The van der Waals surface area contributed by atoms with Gasteiger partial charge in [0, 0.05) is 18.8 Å². The zero-order chi connectivity index (χ0) is 11.3. The van der Waals surface area contributed by atoms with Crippen LogP contribution in [0.1, 0.15) is 32.6 Å². The summed E-state index contributed by atoms with van der Waals surface area (Å²) in [5, 5.41) is 8.30. The molecule has 15 heavy (non-hydrogen) atoms. The quantitative estimate of drug-likeness (QED) is 0.665. The fourth-order valence-electron chi connectivity index (χ4n) is 1.61. The Morgan fingerprint density at radius 3 is 2.60 bits per heavy atom. The van der Waals surface area contributed by atoms with Gasteiger partial charge in [-0.3, -0.25) is 4.79 Å². The lowest BCUT2D eigenvalue weighted by Gasteiger charge is -2.29.